The van der Waals surface area contributed by atoms with Crippen molar-refractivity contribution in [2.24, 2.45) is 10.2 Å². The molecule has 0 atom stereocenters. The highest BCUT2D eigenvalue weighted by Crippen LogP contribution is 2.32. The van der Waals surface area contributed by atoms with Gasteiger partial charge in [-0.3, -0.25) is 4.79 Å². The van der Waals surface area contributed by atoms with Gasteiger partial charge in [-0.25, -0.2) is 4.98 Å². The van der Waals surface area contributed by atoms with Crippen LogP contribution >= 0.6 is 0 Å². The summed E-state index contributed by atoms with van der Waals surface area (Å²) in [6.45, 7) is 0.505. The van der Waals surface area contributed by atoms with Gasteiger partial charge in [0.25, 0.3) is 0 Å². The monoisotopic (exact) mass is 343 g/mol. The minimum Gasteiger partial charge on any atom is -0.493 e. The lowest BCUT2D eigenvalue weighted by molar-refractivity contribution is -0.137. The molecule has 7 heteroatoms. The van der Waals surface area contributed by atoms with E-state index >= 15 is 0 Å². The Hall–Kier alpha value is -2.96. The largest absolute Gasteiger partial charge is 0.493 e. The summed E-state index contributed by atoms with van der Waals surface area (Å²) in [5.41, 5.74) is 0.635. The number of aromatic nitrogens is 1. The standard InChI is InChI=1S/C18H21N3O4/c1-24-16-13-14(20-21-17-7-4-5-11-19-17)9-10-15(16)25-12-6-2-3-8-18(22)23/h4-5,7,9-11,13H,2-3,6,8,12H2,1H3,(H,22,23). The van der Waals surface area contributed by atoms with Crippen molar-refractivity contribution in [3.63, 3.8) is 0 Å². The molecule has 25 heavy (non-hydrogen) atoms. The van der Waals surface area contributed by atoms with Gasteiger partial charge < -0.3 is 14.6 Å². The number of hydrogen-bond acceptors (Lipinski definition) is 6. The van der Waals surface area contributed by atoms with Crippen molar-refractivity contribution in [2.75, 3.05) is 13.7 Å². The first-order valence-electron chi connectivity index (χ1n) is 8.04. The number of nitrogens with zero attached hydrogens (tertiary/aromatic N) is 3. The van der Waals surface area contributed by atoms with E-state index in [9.17, 15) is 4.79 Å². The molecule has 0 aliphatic rings. The molecule has 0 radical (unpaired) electrons. The van der Waals surface area contributed by atoms with Crippen molar-refractivity contribution < 1.29 is 19.4 Å². The lowest BCUT2D eigenvalue weighted by Crippen LogP contribution is -2.00. The van der Waals surface area contributed by atoms with Gasteiger partial charge in [0.05, 0.1) is 19.4 Å². The Morgan fingerprint density at radius 2 is 2.00 bits per heavy atom. The molecule has 0 spiro atoms. The molecule has 1 aromatic heterocycles. The zero-order chi connectivity index (χ0) is 17.9. The molecule has 132 valence electrons. The van der Waals surface area contributed by atoms with E-state index in [1.54, 1.807) is 37.6 Å². The van der Waals surface area contributed by atoms with Crippen molar-refractivity contribution in [3.05, 3.63) is 42.6 Å². The van der Waals surface area contributed by atoms with Crippen LogP contribution in [-0.2, 0) is 4.79 Å². The Labute approximate surface area is 146 Å². The number of aliphatic carboxylic acids is 1. The Bertz CT molecular complexity index is 705. The summed E-state index contributed by atoms with van der Waals surface area (Å²) in [5.74, 6) is 0.960. The predicted octanol–water partition coefficient (Wildman–Crippen LogP) is 4.53. The number of unbranched alkanes of at least 4 members (excludes halogenated alkanes) is 2. The molecule has 0 bridgehead atoms. The maximum Gasteiger partial charge on any atom is 0.303 e. The van der Waals surface area contributed by atoms with E-state index in [0.717, 1.165) is 12.8 Å². The molecule has 1 heterocycles. The number of benzene rings is 1. The van der Waals surface area contributed by atoms with E-state index < -0.39 is 5.97 Å². The van der Waals surface area contributed by atoms with Gasteiger partial charge in [0.2, 0.25) is 0 Å². The van der Waals surface area contributed by atoms with Gasteiger partial charge in [0, 0.05) is 18.7 Å². The quantitative estimate of drug-likeness (QED) is 0.505. The highest BCUT2D eigenvalue weighted by molar-refractivity contribution is 5.66. The third-order valence-corrected chi connectivity index (χ3v) is 3.36. The van der Waals surface area contributed by atoms with Crippen LogP contribution in [0, 0.1) is 0 Å². The van der Waals surface area contributed by atoms with Crippen LogP contribution in [-0.4, -0.2) is 29.8 Å². The summed E-state index contributed by atoms with van der Waals surface area (Å²) in [5, 5.41) is 16.8. The Morgan fingerprint density at radius 1 is 1.12 bits per heavy atom. The van der Waals surface area contributed by atoms with Crippen LogP contribution in [0.1, 0.15) is 25.7 Å². The molecule has 0 amide bonds. The Morgan fingerprint density at radius 3 is 2.72 bits per heavy atom. The first kappa shape index (κ1) is 18.4. The fourth-order valence-electron chi connectivity index (χ4n) is 2.10. The highest BCUT2D eigenvalue weighted by atomic mass is 16.5. The molecule has 1 aromatic carbocycles. The molecule has 0 saturated carbocycles. The van der Waals surface area contributed by atoms with Crippen LogP contribution in [0.5, 0.6) is 11.5 Å². The molecular formula is C18H21N3O4. The van der Waals surface area contributed by atoms with E-state index in [2.05, 4.69) is 15.2 Å². The normalized spacial score (nSPS) is 10.8. The molecule has 1 N–H and O–H groups in total. The van der Waals surface area contributed by atoms with Crippen LogP contribution in [0.3, 0.4) is 0 Å². The molecule has 2 aromatic rings. The van der Waals surface area contributed by atoms with E-state index in [-0.39, 0.29) is 6.42 Å². The smallest absolute Gasteiger partial charge is 0.303 e. The fourth-order valence-corrected chi connectivity index (χ4v) is 2.10. The maximum atomic E-state index is 10.4. The summed E-state index contributed by atoms with van der Waals surface area (Å²) in [7, 11) is 1.56. The van der Waals surface area contributed by atoms with Gasteiger partial charge >= 0.3 is 5.97 Å². The molecule has 0 fully saturated rings. The minimum absolute atomic E-state index is 0.194. The third kappa shape index (κ3) is 6.58. The van der Waals surface area contributed by atoms with Crippen molar-refractivity contribution >= 4 is 17.5 Å². The SMILES string of the molecule is COc1cc(N=Nc2ccccn2)ccc1OCCCCCC(=O)O. The van der Waals surface area contributed by atoms with E-state index in [4.69, 9.17) is 14.6 Å². The summed E-state index contributed by atoms with van der Waals surface area (Å²) in [4.78, 5) is 14.5. The molecule has 7 nitrogen and oxygen atoms in total. The van der Waals surface area contributed by atoms with Crippen LogP contribution in [0.2, 0.25) is 0 Å². The first-order chi connectivity index (χ1) is 12.2. The average molecular weight is 343 g/mol. The number of hydrogen-bond donors (Lipinski definition) is 1. The lowest BCUT2D eigenvalue weighted by Gasteiger charge is -2.10. The van der Waals surface area contributed by atoms with Crippen molar-refractivity contribution in [1.29, 1.82) is 0 Å². The number of rotatable bonds is 10. The minimum atomic E-state index is -0.766. The van der Waals surface area contributed by atoms with Crippen LogP contribution < -0.4 is 9.47 Å². The molecule has 0 saturated heterocycles. The zero-order valence-corrected chi connectivity index (χ0v) is 14.1. The van der Waals surface area contributed by atoms with Gasteiger partial charge in [0.15, 0.2) is 17.3 Å². The van der Waals surface area contributed by atoms with Gasteiger partial charge in [-0.15, -0.1) is 10.2 Å². The van der Waals surface area contributed by atoms with Gasteiger partial charge in [0.1, 0.15) is 0 Å². The van der Waals surface area contributed by atoms with Crippen molar-refractivity contribution in [3.8, 4) is 11.5 Å². The average Bonchev–Trinajstić information content (AvgIpc) is 2.64. The second-order valence-corrected chi connectivity index (χ2v) is 5.28. The fraction of sp³-hybridized carbons (Fsp3) is 0.333. The van der Waals surface area contributed by atoms with Crippen molar-refractivity contribution in [2.45, 2.75) is 25.7 Å². The number of methoxy groups -OCH3 is 1. The summed E-state index contributed by atoms with van der Waals surface area (Å²) in [6, 6.07) is 10.7. The van der Waals surface area contributed by atoms with Crippen LogP contribution in [0.25, 0.3) is 0 Å². The van der Waals surface area contributed by atoms with Gasteiger partial charge in [-0.1, -0.05) is 6.07 Å². The second kappa shape index (κ2) is 10.0. The van der Waals surface area contributed by atoms with Gasteiger partial charge in [-0.05, 0) is 43.5 Å². The summed E-state index contributed by atoms with van der Waals surface area (Å²) >= 11 is 0. The summed E-state index contributed by atoms with van der Waals surface area (Å²) in [6.07, 6.45) is 4.10. The molecule has 0 aliphatic heterocycles. The van der Waals surface area contributed by atoms with E-state index in [1.807, 2.05) is 12.1 Å². The Kier molecular flexibility index (Phi) is 7.37. The van der Waals surface area contributed by atoms with Crippen molar-refractivity contribution in [1.82, 2.24) is 4.98 Å². The molecule has 0 aliphatic carbocycles. The molecule has 2 rings (SSSR count). The first-order valence-corrected chi connectivity index (χ1v) is 8.04. The van der Waals surface area contributed by atoms with E-state index in [0.29, 0.717) is 36.0 Å². The topological polar surface area (TPSA) is 93.4 Å². The number of carboxylic acids is 1. The number of carboxylic acid groups (broad SMARTS) is 1. The van der Waals surface area contributed by atoms with Crippen LogP contribution in [0.4, 0.5) is 11.5 Å². The number of pyridine rings is 1. The van der Waals surface area contributed by atoms with Gasteiger partial charge in [-0.2, -0.15) is 0 Å². The third-order valence-electron chi connectivity index (χ3n) is 3.36. The molecular weight excluding hydrogens is 322 g/mol. The zero-order valence-electron chi connectivity index (χ0n) is 14.1. The summed E-state index contributed by atoms with van der Waals surface area (Å²) < 4.78 is 11.0. The number of azo groups is 1. The number of ether oxygens (including phenoxy) is 2. The second-order valence-electron chi connectivity index (χ2n) is 5.28. The van der Waals surface area contributed by atoms with E-state index in [1.165, 1.54) is 0 Å². The molecule has 0 unspecified atom stereocenters. The Balaban J connectivity index is 1.88. The number of carbonyl (C=O) groups is 1. The highest BCUT2D eigenvalue weighted by Gasteiger charge is 2.06. The predicted molar refractivity (Wildman–Crippen MR) is 93.0 cm³/mol. The maximum absolute atomic E-state index is 10.4. The lowest BCUT2D eigenvalue weighted by atomic mass is 10.2. The van der Waals surface area contributed by atoms with Crippen LogP contribution in [0.15, 0.2) is 52.8 Å².